The summed E-state index contributed by atoms with van der Waals surface area (Å²) in [5, 5.41) is 0. The molecule has 1 atom stereocenters. The van der Waals surface area contributed by atoms with Crippen LogP contribution in [0.15, 0.2) is 59.5 Å². The quantitative estimate of drug-likeness (QED) is 0.761. The Hall–Kier alpha value is -2.22. The lowest BCUT2D eigenvalue weighted by atomic mass is 10.0. The number of amides is 1. The lowest BCUT2D eigenvalue weighted by Crippen LogP contribution is -2.46. The van der Waals surface area contributed by atoms with E-state index >= 15 is 0 Å². The van der Waals surface area contributed by atoms with Gasteiger partial charge >= 0.3 is 0 Å². The molecule has 1 aliphatic rings. The zero-order valence-corrected chi connectivity index (χ0v) is 16.0. The van der Waals surface area contributed by atoms with E-state index in [1.165, 1.54) is 29.8 Å². The number of likely N-dealkylation sites (tertiary alicyclic amines) is 1. The van der Waals surface area contributed by atoms with Crippen molar-refractivity contribution in [1.29, 1.82) is 0 Å². The zero-order valence-electron chi connectivity index (χ0n) is 15.2. The van der Waals surface area contributed by atoms with Crippen LogP contribution in [0, 0.1) is 0 Å². The van der Waals surface area contributed by atoms with Crippen LogP contribution >= 0.6 is 0 Å². The fourth-order valence-corrected chi connectivity index (χ4v) is 4.48. The molecule has 0 spiro atoms. The lowest BCUT2D eigenvalue weighted by molar-refractivity contribution is 0.1000. The third kappa shape index (κ3) is 5.15. The first-order valence-corrected chi connectivity index (χ1v) is 10.6. The summed E-state index contributed by atoms with van der Waals surface area (Å²) >= 11 is 0. The summed E-state index contributed by atoms with van der Waals surface area (Å²) in [5.74, 6) is -0.578. The molecule has 1 heterocycles. The minimum atomic E-state index is -3.63. The van der Waals surface area contributed by atoms with Gasteiger partial charge in [-0.3, -0.25) is 9.69 Å². The minimum absolute atomic E-state index is 0.137. The number of hydrogen-bond acceptors (Lipinski definition) is 4. The second kappa shape index (κ2) is 8.65. The van der Waals surface area contributed by atoms with E-state index in [0.717, 1.165) is 32.4 Å². The lowest BCUT2D eigenvalue weighted by Gasteiger charge is -2.35. The van der Waals surface area contributed by atoms with Crippen molar-refractivity contribution in [2.45, 2.75) is 36.7 Å². The number of nitrogens with zero attached hydrogens (tertiary/aromatic N) is 1. The predicted molar refractivity (Wildman–Crippen MR) is 105 cm³/mol. The topological polar surface area (TPSA) is 92.5 Å². The number of sulfonamides is 1. The average Bonchev–Trinajstić information content (AvgIpc) is 2.68. The Morgan fingerprint density at radius 1 is 1.07 bits per heavy atom. The molecule has 1 saturated heterocycles. The van der Waals surface area contributed by atoms with Crippen molar-refractivity contribution in [1.82, 2.24) is 9.62 Å². The van der Waals surface area contributed by atoms with Gasteiger partial charge in [-0.1, -0.05) is 36.8 Å². The summed E-state index contributed by atoms with van der Waals surface area (Å²) in [6.45, 7) is 2.15. The first-order chi connectivity index (χ1) is 13.0. The number of rotatable bonds is 7. The molecular weight excluding hydrogens is 362 g/mol. The largest absolute Gasteiger partial charge is 0.366 e. The standard InChI is InChI=1S/C20H25N3O3S/c21-20(24)17-9-11-19(12-10-17)27(25,26)22-14-18-8-4-5-13-23(18)15-16-6-2-1-3-7-16/h1-3,6-7,9-12,18,22H,4-5,8,13-15H2,(H2,21,24). The van der Waals surface area contributed by atoms with Gasteiger partial charge in [-0.25, -0.2) is 13.1 Å². The summed E-state index contributed by atoms with van der Waals surface area (Å²) in [6.07, 6.45) is 3.20. The maximum Gasteiger partial charge on any atom is 0.248 e. The van der Waals surface area contributed by atoms with E-state index < -0.39 is 15.9 Å². The van der Waals surface area contributed by atoms with Crippen LogP contribution in [0.2, 0.25) is 0 Å². The van der Waals surface area contributed by atoms with Crippen molar-refractivity contribution in [2.24, 2.45) is 5.73 Å². The van der Waals surface area contributed by atoms with Gasteiger partial charge in [0.1, 0.15) is 0 Å². The molecule has 3 rings (SSSR count). The van der Waals surface area contributed by atoms with Gasteiger partial charge in [-0.2, -0.15) is 0 Å². The van der Waals surface area contributed by atoms with Crippen LogP contribution in [0.3, 0.4) is 0 Å². The van der Waals surface area contributed by atoms with E-state index in [0.29, 0.717) is 6.54 Å². The molecule has 2 aromatic rings. The molecule has 0 bridgehead atoms. The van der Waals surface area contributed by atoms with Gasteiger partial charge < -0.3 is 5.73 Å². The van der Waals surface area contributed by atoms with Crippen LogP contribution in [-0.2, 0) is 16.6 Å². The maximum absolute atomic E-state index is 12.6. The second-order valence-electron chi connectivity index (χ2n) is 6.85. The highest BCUT2D eigenvalue weighted by atomic mass is 32.2. The highest BCUT2D eigenvalue weighted by Crippen LogP contribution is 2.20. The van der Waals surface area contributed by atoms with Gasteiger partial charge in [0.25, 0.3) is 0 Å². The summed E-state index contributed by atoms with van der Waals surface area (Å²) in [6, 6.07) is 16.1. The molecule has 0 saturated carbocycles. The van der Waals surface area contributed by atoms with Gasteiger partial charge in [-0.15, -0.1) is 0 Å². The van der Waals surface area contributed by atoms with Crippen LogP contribution in [0.1, 0.15) is 35.2 Å². The molecular formula is C20H25N3O3S. The smallest absolute Gasteiger partial charge is 0.248 e. The first-order valence-electron chi connectivity index (χ1n) is 9.13. The molecule has 7 heteroatoms. The summed E-state index contributed by atoms with van der Waals surface area (Å²) in [5.41, 5.74) is 6.72. The molecule has 27 heavy (non-hydrogen) atoms. The molecule has 1 fully saturated rings. The third-order valence-corrected chi connectivity index (χ3v) is 6.38. The Labute approximate surface area is 160 Å². The van der Waals surface area contributed by atoms with E-state index in [9.17, 15) is 13.2 Å². The normalized spacial score (nSPS) is 18.3. The van der Waals surface area contributed by atoms with Crippen LogP contribution in [0.5, 0.6) is 0 Å². The fourth-order valence-electron chi connectivity index (χ4n) is 3.40. The molecule has 2 aromatic carbocycles. The minimum Gasteiger partial charge on any atom is -0.366 e. The van der Waals surface area contributed by atoms with Gasteiger partial charge in [-0.05, 0) is 49.2 Å². The SMILES string of the molecule is NC(=O)c1ccc(S(=O)(=O)NCC2CCCCN2Cc2ccccc2)cc1. The molecule has 1 amide bonds. The van der Waals surface area contributed by atoms with Crippen LogP contribution in [0.4, 0.5) is 0 Å². The molecule has 144 valence electrons. The van der Waals surface area contributed by atoms with Crippen molar-refractivity contribution >= 4 is 15.9 Å². The number of primary amides is 1. The Morgan fingerprint density at radius 2 is 1.78 bits per heavy atom. The molecule has 1 aliphatic heterocycles. The number of piperidine rings is 1. The van der Waals surface area contributed by atoms with Gasteiger partial charge in [0.05, 0.1) is 4.90 Å². The summed E-state index contributed by atoms with van der Waals surface area (Å²) in [7, 11) is -3.63. The summed E-state index contributed by atoms with van der Waals surface area (Å²) < 4.78 is 27.9. The van der Waals surface area contributed by atoms with Crippen molar-refractivity contribution < 1.29 is 13.2 Å². The van der Waals surface area contributed by atoms with E-state index in [2.05, 4.69) is 21.8 Å². The fraction of sp³-hybridized carbons (Fsp3) is 0.350. The van der Waals surface area contributed by atoms with Crippen molar-refractivity contribution in [2.75, 3.05) is 13.1 Å². The number of benzene rings is 2. The highest BCUT2D eigenvalue weighted by Gasteiger charge is 2.24. The molecule has 3 N–H and O–H groups in total. The number of carbonyl (C=O) groups excluding carboxylic acids is 1. The Morgan fingerprint density at radius 3 is 2.44 bits per heavy atom. The van der Waals surface area contributed by atoms with Crippen LogP contribution in [0.25, 0.3) is 0 Å². The molecule has 1 unspecified atom stereocenters. The number of carbonyl (C=O) groups is 1. The number of hydrogen-bond donors (Lipinski definition) is 2. The average molecular weight is 388 g/mol. The van der Waals surface area contributed by atoms with Gasteiger partial charge in [0.2, 0.25) is 15.9 Å². The first kappa shape index (κ1) is 19.5. The van der Waals surface area contributed by atoms with E-state index in [1.54, 1.807) is 0 Å². The highest BCUT2D eigenvalue weighted by molar-refractivity contribution is 7.89. The predicted octanol–water partition coefficient (Wildman–Crippen LogP) is 2.12. The molecule has 6 nitrogen and oxygen atoms in total. The van der Waals surface area contributed by atoms with E-state index in [4.69, 9.17) is 5.73 Å². The molecule has 0 aromatic heterocycles. The number of nitrogens with one attached hydrogen (secondary N) is 1. The third-order valence-electron chi connectivity index (χ3n) is 4.94. The Balaban J connectivity index is 1.64. The summed E-state index contributed by atoms with van der Waals surface area (Å²) in [4.78, 5) is 13.6. The van der Waals surface area contributed by atoms with Gasteiger partial charge in [0, 0.05) is 24.7 Å². The van der Waals surface area contributed by atoms with Gasteiger partial charge in [0.15, 0.2) is 0 Å². The van der Waals surface area contributed by atoms with Crippen LogP contribution < -0.4 is 10.5 Å². The van der Waals surface area contributed by atoms with Crippen molar-refractivity contribution in [3.63, 3.8) is 0 Å². The van der Waals surface area contributed by atoms with Crippen molar-refractivity contribution in [3.8, 4) is 0 Å². The maximum atomic E-state index is 12.6. The van der Waals surface area contributed by atoms with Crippen LogP contribution in [-0.4, -0.2) is 38.4 Å². The number of nitrogens with two attached hydrogens (primary N) is 1. The second-order valence-corrected chi connectivity index (χ2v) is 8.61. The Bertz CT molecular complexity index is 867. The van der Waals surface area contributed by atoms with E-state index in [1.807, 2.05) is 18.2 Å². The van der Waals surface area contributed by atoms with E-state index in [-0.39, 0.29) is 16.5 Å². The monoisotopic (exact) mass is 387 g/mol. The van der Waals surface area contributed by atoms with Crippen molar-refractivity contribution in [3.05, 3.63) is 65.7 Å². The molecule has 0 radical (unpaired) electrons. The Kier molecular flexibility index (Phi) is 6.26. The zero-order chi connectivity index (χ0) is 19.3. The molecule has 0 aliphatic carbocycles.